The number of rotatable bonds is 3. The first-order valence-corrected chi connectivity index (χ1v) is 5.12. The smallest absolute Gasteiger partial charge is 0.129 e. The van der Waals surface area contributed by atoms with E-state index < -0.39 is 0 Å². The predicted molar refractivity (Wildman–Crippen MR) is 63.0 cm³/mol. The van der Waals surface area contributed by atoms with E-state index in [1.807, 2.05) is 36.4 Å². The highest BCUT2D eigenvalue weighted by Crippen LogP contribution is 2.09. The zero-order valence-electron chi connectivity index (χ0n) is 8.15. The topological polar surface area (TPSA) is 24.9 Å². The van der Waals surface area contributed by atoms with Crippen LogP contribution >= 0.6 is 11.6 Å². The van der Waals surface area contributed by atoms with Gasteiger partial charge in [-0.05, 0) is 23.8 Å². The predicted octanol–water partition coefficient (Wildman–Crippen LogP) is 3.35. The summed E-state index contributed by atoms with van der Waals surface area (Å²) in [5, 5.41) is 3.82. The first-order chi connectivity index (χ1) is 7.34. The molecule has 0 spiro atoms. The molecule has 2 aromatic rings. The summed E-state index contributed by atoms with van der Waals surface area (Å²) in [5.41, 5.74) is 2.22. The molecular formula is C12H11ClN2. The molecule has 76 valence electrons. The minimum absolute atomic E-state index is 0.526. The number of hydrogen-bond acceptors (Lipinski definition) is 2. The van der Waals surface area contributed by atoms with Crippen LogP contribution in [0.4, 0.5) is 5.69 Å². The second-order valence-corrected chi connectivity index (χ2v) is 3.60. The summed E-state index contributed by atoms with van der Waals surface area (Å²) in [6.45, 7) is 0.758. The fraction of sp³-hybridized carbons (Fsp3) is 0.0833. The van der Waals surface area contributed by atoms with Crippen molar-refractivity contribution < 1.29 is 0 Å². The summed E-state index contributed by atoms with van der Waals surface area (Å²) < 4.78 is 0. The highest BCUT2D eigenvalue weighted by Gasteiger charge is 1.94. The van der Waals surface area contributed by atoms with Gasteiger partial charge < -0.3 is 5.32 Å². The zero-order valence-corrected chi connectivity index (χ0v) is 8.91. The number of nitrogens with zero attached hydrogens (tertiary/aromatic N) is 1. The van der Waals surface area contributed by atoms with Crippen LogP contribution in [0.1, 0.15) is 5.56 Å². The van der Waals surface area contributed by atoms with Gasteiger partial charge in [-0.3, -0.25) is 0 Å². The van der Waals surface area contributed by atoms with Crippen molar-refractivity contribution in [3.8, 4) is 0 Å². The highest BCUT2D eigenvalue weighted by atomic mass is 35.5. The van der Waals surface area contributed by atoms with E-state index in [0.717, 1.165) is 17.8 Å². The minimum Gasteiger partial charge on any atom is -0.381 e. The molecule has 1 aromatic heterocycles. The highest BCUT2D eigenvalue weighted by molar-refractivity contribution is 6.29. The summed E-state index contributed by atoms with van der Waals surface area (Å²) in [6.07, 6.45) is 1.78. The van der Waals surface area contributed by atoms with Gasteiger partial charge in [-0.1, -0.05) is 35.9 Å². The summed E-state index contributed by atoms with van der Waals surface area (Å²) in [5.74, 6) is 0. The third-order valence-corrected chi connectivity index (χ3v) is 2.28. The molecule has 0 amide bonds. The lowest BCUT2D eigenvalue weighted by Crippen LogP contribution is -1.99. The van der Waals surface area contributed by atoms with Gasteiger partial charge in [0.15, 0.2) is 0 Å². The van der Waals surface area contributed by atoms with Gasteiger partial charge in [0.05, 0.1) is 0 Å². The number of nitrogens with one attached hydrogen (secondary N) is 1. The van der Waals surface area contributed by atoms with Gasteiger partial charge in [0, 0.05) is 18.4 Å². The van der Waals surface area contributed by atoms with Crippen molar-refractivity contribution in [2.75, 3.05) is 5.32 Å². The van der Waals surface area contributed by atoms with Crippen LogP contribution in [0.2, 0.25) is 5.15 Å². The van der Waals surface area contributed by atoms with Crippen LogP contribution in [0, 0.1) is 0 Å². The number of anilines is 1. The standard InChI is InChI=1S/C12H11ClN2/c13-12-7-6-10(9-15-12)8-14-11-4-2-1-3-5-11/h1-7,9,14H,8H2. The molecule has 2 rings (SSSR count). The fourth-order valence-electron chi connectivity index (χ4n) is 1.27. The quantitative estimate of drug-likeness (QED) is 0.800. The third kappa shape index (κ3) is 2.96. The minimum atomic E-state index is 0.526. The molecule has 0 unspecified atom stereocenters. The molecule has 3 heteroatoms. The van der Waals surface area contributed by atoms with Gasteiger partial charge in [-0.25, -0.2) is 4.98 Å². The zero-order chi connectivity index (χ0) is 10.5. The molecule has 15 heavy (non-hydrogen) atoms. The Bertz CT molecular complexity index is 411. The molecule has 0 radical (unpaired) electrons. The van der Waals surface area contributed by atoms with Gasteiger partial charge in [-0.15, -0.1) is 0 Å². The largest absolute Gasteiger partial charge is 0.381 e. The Morgan fingerprint density at radius 3 is 2.53 bits per heavy atom. The first-order valence-electron chi connectivity index (χ1n) is 4.74. The van der Waals surface area contributed by atoms with Crippen molar-refractivity contribution in [2.45, 2.75) is 6.54 Å². The fourth-order valence-corrected chi connectivity index (χ4v) is 1.38. The van der Waals surface area contributed by atoms with Gasteiger partial charge >= 0.3 is 0 Å². The second-order valence-electron chi connectivity index (χ2n) is 3.21. The number of halogens is 1. The Morgan fingerprint density at radius 2 is 1.87 bits per heavy atom. The SMILES string of the molecule is Clc1ccc(CNc2ccccc2)cn1. The molecule has 0 saturated carbocycles. The Hall–Kier alpha value is -1.54. The van der Waals surface area contributed by atoms with Crippen molar-refractivity contribution in [1.82, 2.24) is 4.98 Å². The van der Waals surface area contributed by atoms with E-state index in [-0.39, 0.29) is 0 Å². The Kier molecular flexibility index (Phi) is 3.20. The lowest BCUT2D eigenvalue weighted by Gasteiger charge is -2.05. The molecule has 1 N–H and O–H groups in total. The number of hydrogen-bond donors (Lipinski definition) is 1. The van der Waals surface area contributed by atoms with Crippen molar-refractivity contribution in [3.05, 3.63) is 59.4 Å². The van der Waals surface area contributed by atoms with E-state index in [2.05, 4.69) is 10.3 Å². The monoisotopic (exact) mass is 218 g/mol. The van der Waals surface area contributed by atoms with E-state index in [4.69, 9.17) is 11.6 Å². The van der Waals surface area contributed by atoms with E-state index in [1.165, 1.54) is 0 Å². The Labute approximate surface area is 93.9 Å². The number of pyridine rings is 1. The lowest BCUT2D eigenvalue weighted by molar-refractivity contribution is 1.11. The third-order valence-electron chi connectivity index (χ3n) is 2.06. The molecule has 1 aromatic carbocycles. The van der Waals surface area contributed by atoms with Gasteiger partial charge in [0.25, 0.3) is 0 Å². The van der Waals surface area contributed by atoms with Crippen molar-refractivity contribution in [2.24, 2.45) is 0 Å². The van der Waals surface area contributed by atoms with Gasteiger partial charge in [-0.2, -0.15) is 0 Å². The van der Waals surface area contributed by atoms with Crippen LogP contribution in [0.25, 0.3) is 0 Å². The van der Waals surface area contributed by atoms with E-state index in [0.29, 0.717) is 5.15 Å². The van der Waals surface area contributed by atoms with E-state index >= 15 is 0 Å². The Balaban J connectivity index is 1.96. The van der Waals surface area contributed by atoms with Crippen LogP contribution < -0.4 is 5.32 Å². The second kappa shape index (κ2) is 4.80. The molecule has 0 fully saturated rings. The maximum atomic E-state index is 5.70. The number of aromatic nitrogens is 1. The summed E-state index contributed by atoms with van der Waals surface area (Å²) in [7, 11) is 0. The molecule has 0 bridgehead atoms. The van der Waals surface area contributed by atoms with Gasteiger partial charge in [0.1, 0.15) is 5.15 Å². The van der Waals surface area contributed by atoms with E-state index in [1.54, 1.807) is 12.3 Å². The molecular weight excluding hydrogens is 208 g/mol. The number of para-hydroxylation sites is 1. The molecule has 2 nitrogen and oxygen atoms in total. The first kappa shape index (κ1) is 9.99. The summed E-state index contributed by atoms with van der Waals surface area (Å²) in [4.78, 5) is 4.02. The lowest BCUT2D eigenvalue weighted by atomic mass is 10.2. The molecule has 0 saturated heterocycles. The van der Waals surface area contributed by atoms with E-state index in [9.17, 15) is 0 Å². The van der Waals surface area contributed by atoms with Crippen molar-refractivity contribution in [3.63, 3.8) is 0 Å². The number of benzene rings is 1. The summed E-state index contributed by atoms with van der Waals surface area (Å²) >= 11 is 5.70. The molecule has 0 aliphatic rings. The van der Waals surface area contributed by atoms with Gasteiger partial charge in [0.2, 0.25) is 0 Å². The van der Waals surface area contributed by atoms with Crippen LogP contribution in [0.15, 0.2) is 48.7 Å². The normalized spacial score (nSPS) is 9.93. The molecule has 1 heterocycles. The van der Waals surface area contributed by atoms with Crippen molar-refractivity contribution >= 4 is 17.3 Å². The summed E-state index contributed by atoms with van der Waals surface area (Å²) in [6, 6.07) is 13.8. The average molecular weight is 219 g/mol. The van der Waals surface area contributed by atoms with Crippen LogP contribution in [-0.2, 0) is 6.54 Å². The Morgan fingerprint density at radius 1 is 1.07 bits per heavy atom. The molecule has 0 aliphatic carbocycles. The average Bonchev–Trinajstić information content (AvgIpc) is 2.30. The van der Waals surface area contributed by atoms with Crippen LogP contribution in [0.5, 0.6) is 0 Å². The van der Waals surface area contributed by atoms with Crippen LogP contribution in [-0.4, -0.2) is 4.98 Å². The van der Waals surface area contributed by atoms with Crippen molar-refractivity contribution in [1.29, 1.82) is 0 Å². The molecule has 0 atom stereocenters. The maximum Gasteiger partial charge on any atom is 0.129 e. The van der Waals surface area contributed by atoms with Crippen LogP contribution in [0.3, 0.4) is 0 Å². The maximum absolute atomic E-state index is 5.70. The molecule has 0 aliphatic heterocycles.